The molecule has 1 atom stereocenters. The third-order valence-corrected chi connectivity index (χ3v) is 7.00. The van der Waals surface area contributed by atoms with Crippen molar-refractivity contribution in [1.29, 1.82) is 0 Å². The molecule has 3 aromatic carbocycles. The number of aromatic nitrogens is 1. The van der Waals surface area contributed by atoms with Crippen molar-refractivity contribution in [2.75, 3.05) is 19.1 Å². The SMILES string of the molecule is COc1ccc(/C(O)=C2\C(=O)C(=O)N(c3nc4ccc(C)cc4s3)[C@H]2c2ccccc2OC)cc1. The molecule has 0 unspecified atom stereocenters. The Bertz CT molecular complexity index is 1490. The van der Waals surface area contributed by atoms with Crippen molar-refractivity contribution in [3.8, 4) is 11.5 Å². The summed E-state index contributed by atoms with van der Waals surface area (Å²) in [6.45, 7) is 1.98. The summed E-state index contributed by atoms with van der Waals surface area (Å²) in [5, 5.41) is 11.7. The number of ketones is 1. The van der Waals surface area contributed by atoms with Crippen LogP contribution < -0.4 is 14.4 Å². The highest BCUT2D eigenvalue weighted by molar-refractivity contribution is 7.22. The molecule has 1 aliphatic rings. The molecule has 0 aliphatic carbocycles. The van der Waals surface area contributed by atoms with Crippen molar-refractivity contribution in [3.63, 3.8) is 0 Å². The van der Waals surface area contributed by atoms with Crippen molar-refractivity contribution in [3.05, 3.63) is 89.0 Å². The van der Waals surface area contributed by atoms with Gasteiger partial charge in [-0.2, -0.15) is 0 Å². The number of methoxy groups -OCH3 is 2. The van der Waals surface area contributed by atoms with E-state index in [0.717, 1.165) is 15.8 Å². The first-order valence-electron chi connectivity index (χ1n) is 10.9. The third kappa shape index (κ3) is 3.81. The molecule has 0 spiro atoms. The standard InChI is InChI=1S/C27H22N2O5S/c1-15-8-13-19-21(14-15)35-27(28-19)29-23(18-6-4-5-7-20(18)34-3)22(25(31)26(29)32)24(30)16-9-11-17(33-2)12-10-16/h4-14,23,30H,1-3H3/b24-22+/t23-/m0/s1. The van der Waals surface area contributed by atoms with Crippen molar-refractivity contribution >= 4 is 44.1 Å². The average molecular weight is 487 g/mol. The number of ether oxygens (including phenoxy) is 2. The van der Waals surface area contributed by atoms with E-state index in [-0.39, 0.29) is 11.3 Å². The molecule has 1 aromatic heterocycles. The van der Waals surface area contributed by atoms with Crippen molar-refractivity contribution in [2.45, 2.75) is 13.0 Å². The van der Waals surface area contributed by atoms with Crippen LogP contribution in [0.3, 0.4) is 0 Å². The van der Waals surface area contributed by atoms with Crippen molar-refractivity contribution < 1.29 is 24.2 Å². The molecule has 1 amide bonds. The van der Waals surface area contributed by atoms with Crippen LogP contribution in [-0.4, -0.2) is 36.0 Å². The van der Waals surface area contributed by atoms with E-state index >= 15 is 0 Å². The predicted molar refractivity (Wildman–Crippen MR) is 135 cm³/mol. The zero-order valence-electron chi connectivity index (χ0n) is 19.3. The van der Waals surface area contributed by atoms with Crippen molar-refractivity contribution in [1.82, 2.24) is 4.98 Å². The summed E-state index contributed by atoms with van der Waals surface area (Å²) < 4.78 is 11.7. The Kier molecular flexibility index (Phi) is 5.74. The summed E-state index contributed by atoms with van der Waals surface area (Å²) in [5.41, 5.74) is 2.73. The van der Waals surface area contributed by atoms with Crippen LogP contribution in [-0.2, 0) is 9.59 Å². The Balaban J connectivity index is 1.74. The molecule has 0 saturated carbocycles. The molecular weight excluding hydrogens is 464 g/mol. The summed E-state index contributed by atoms with van der Waals surface area (Å²) in [5.74, 6) is -0.729. The summed E-state index contributed by atoms with van der Waals surface area (Å²) >= 11 is 1.32. The molecule has 8 heteroatoms. The van der Waals surface area contributed by atoms with Crippen LogP contribution in [0.1, 0.15) is 22.7 Å². The zero-order valence-corrected chi connectivity index (χ0v) is 20.1. The van der Waals surface area contributed by atoms with Gasteiger partial charge in [0.05, 0.1) is 30.0 Å². The van der Waals surface area contributed by atoms with Crippen LogP contribution in [0.4, 0.5) is 5.13 Å². The molecule has 0 radical (unpaired) electrons. The molecule has 176 valence electrons. The Morgan fingerprint density at radius 3 is 2.46 bits per heavy atom. The lowest BCUT2D eigenvalue weighted by Crippen LogP contribution is -2.29. The molecule has 1 fully saturated rings. The number of carbonyl (C=O) groups excluding carboxylic acids is 2. The quantitative estimate of drug-likeness (QED) is 0.236. The molecule has 2 heterocycles. The Hall–Kier alpha value is -4.17. The summed E-state index contributed by atoms with van der Waals surface area (Å²) in [7, 11) is 3.07. The number of hydrogen-bond donors (Lipinski definition) is 1. The number of para-hydroxylation sites is 1. The van der Waals surface area contributed by atoms with Crippen LogP contribution >= 0.6 is 11.3 Å². The fourth-order valence-electron chi connectivity index (χ4n) is 4.24. The highest BCUT2D eigenvalue weighted by Crippen LogP contribution is 2.46. The average Bonchev–Trinajstić information content (AvgIpc) is 3.41. The van der Waals surface area contributed by atoms with E-state index in [2.05, 4.69) is 4.98 Å². The lowest BCUT2D eigenvalue weighted by atomic mass is 9.94. The highest BCUT2D eigenvalue weighted by atomic mass is 32.1. The molecule has 1 N–H and O–H groups in total. The largest absolute Gasteiger partial charge is 0.507 e. The number of aryl methyl sites for hydroxylation is 1. The number of benzene rings is 3. The van der Waals surface area contributed by atoms with Gasteiger partial charge < -0.3 is 14.6 Å². The van der Waals surface area contributed by atoms with Gasteiger partial charge in [-0.15, -0.1) is 0 Å². The van der Waals surface area contributed by atoms with Gasteiger partial charge in [0.1, 0.15) is 23.3 Å². The Morgan fingerprint density at radius 1 is 1.00 bits per heavy atom. The van der Waals surface area contributed by atoms with Gasteiger partial charge in [-0.05, 0) is 55.0 Å². The van der Waals surface area contributed by atoms with Crippen LogP contribution in [0.5, 0.6) is 11.5 Å². The van der Waals surface area contributed by atoms with Gasteiger partial charge in [0, 0.05) is 11.1 Å². The van der Waals surface area contributed by atoms with Gasteiger partial charge in [0.2, 0.25) is 0 Å². The van der Waals surface area contributed by atoms with Crippen molar-refractivity contribution in [2.24, 2.45) is 0 Å². The minimum Gasteiger partial charge on any atom is -0.507 e. The van der Waals surface area contributed by atoms with E-state index in [1.54, 1.807) is 55.6 Å². The third-order valence-electron chi connectivity index (χ3n) is 5.98. The molecule has 5 rings (SSSR count). The summed E-state index contributed by atoms with van der Waals surface area (Å²) in [4.78, 5) is 32.8. The maximum absolute atomic E-state index is 13.4. The van der Waals surface area contributed by atoms with E-state index in [0.29, 0.717) is 27.8 Å². The molecule has 35 heavy (non-hydrogen) atoms. The number of rotatable bonds is 5. The second kappa shape index (κ2) is 8.88. The fourth-order valence-corrected chi connectivity index (χ4v) is 5.33. The van der Waals surface area contributed by atoms with E-state index in [9.17, 15) is 14.7 Å². The first-order chi connectivity index (χ1) is 16.9. The number of Topliss-reactive ketones (excluding diaryl/α,β-unsaturated/α-hetero) is 1. The topological polar surface area (TPSA) is 89.0 Å². The van der Waals surface area contributed by atoms with Crippen LogP contribution in [0.2, 0.25) is 0 Å². The van der Waals surface area contributed by atoms with Gasteiger partial charge in [0.15, 0.2) is 5.13 Å². The number of hydrogen-bond acceptors (Lipinski definition) is 7. The lowest BCUT2D eigenvalue weighted by Gasteiger charge is -2.24. The van der Waals surface area contributed by atoms with Gasteiger partial charge >= 0.3 is 5.91 Å². The number of amides is 1. The number of thiazole rings is 1. The van der Waals surface area contributed by atoms with Crippen LogP contribution in [0.25, 0.3) is 16.0 Å². The summed E-state index contributed by atoms with van der Waals surface area (Å²) in [6, 6.07) is 18.7. The number of carbonyl (C=O) groups is 2. The molecule has 1 aliphatic heterocycles. The maximum Gasteiger partial charge on any atom is 0.301 e. The number of aliphatic hydroxyl groups is 1. The minimum atomic E-state index is -0.921. The minimum absolute atomic E-state index is 0.0277. The first kappa shape index (κ1) is 22.6. The second-order valence-corrected chi connectivity index (χ2v) is 9.12. The van der Waals surface area contributed by atoms with E-state index in [1.807, 2.05) is 25.1 Å². The second-order valence-electron chi connectivity index (χ2n) is 8.11. The van der Waals surface area contributed by atoms with Gasteiger partial charge in [-0.1, -0.05) is 35.6 Å². The smallest absolute Gasteiger partial charge is 0.301 e. The highest BCUT2D eigenvalue weighted by Gasteiger charge is 2.49. The predicted octanol–water partition coefficient (Wildman–Crippen LogP) is 5.25. The Morgan fingerprint density at radius 2 is 1.74 bits per heavy atom. The number of aliphatic hydroxyl groups excluding tert-OH is 1. The maximum atomic E-state index is 13.4. The number of nitrogens with zero attached hydrogens (tertiary/aromatic N) is 2. The van der Waals surface area contributed by atoms with Gasteiger partial charge in [-0.25, -0.2) is 4.98 Å². The molecular formula is C27H22N2O5S. The monoisotopic (exact) mass is 486 g/mol. The number of anilines is 1. The fraction of sp³-hybridized carbons (Fsp3) is 0.148. The first-order valence-corrected chi connectivity index (χ1v) is 11.7. The molecule has 0 bridgehead atoms. The molecule has 1 saturated heterocycles. The van der Waals surface area contributed by atoms with E-state index in [1.165, 1.54) is 23.3 Å². The molecule has 4 aromatic rings. The van der Waals surface area contributed by atoms with Crippen LogP contribution in [0, 0.1) is 6.92 Å². The van der Waals surface area contributed by atoms with Crippen LogP contribution in [0.15, 0.2) is 72.3 Å². The zero-order chi connectivity index (χ0) is 24.7. The van der Waals surface area contributed by atoms with Gasteiger partial charge in [0.25, 0.3) is 5.78 Å². The van der Waals surface area contributed by atoms with E-state index in [4.69, 9.17) is 9.47 Å². The Labute approximate surface area is 205 Å². The van der Waals surface area contributed by atoms with E-state index < -0.39 is 17.7 Å². The lowest BCUT2D eigenvalue weighted by molar-refractivity contribution is -0.132. The normalized spacial score (nSPS) is 17.2. The van der Waals surface area contributed by atoms with Gasteiger partial charge in [-0.3, -0.25) is 14.5 Å². The number of fused-ring (bicyclic) bond motifs is 1. The summed E-state index contributed by atoms with van der Waals surface area (Å²) in [6.07, 6.45) is 0. The molecule has 7 nitrogen and oxygen atoms in total.